The van der Waals surface area contributed by atoms with Crippen molar-refractivity contribution in [3.8, 4) is 0 Å². The molecule has 2 aromatic rings. The maximum Gasteiger partial charge on any atom is 0.191 e. The number of nitrogens with zero attached hydrogens (tertiary/aromatic N) is 1. The second-order valence-electron chi connectivity index (χ2n) is 4.99. The highest BCUT2D eigenvalue weighted by molar-refractivity contribution is 14.0. The first-order valence-corrected chi connectivity index (χ1v) is 7.02. The van der Waals surface area contributed by atoms with Crippen LogP contribution >= 0.6 is 24.0 Å². The lowest BCUT2D eigenvalue weighted by atomic mass is 10.1. The molecule has 23 heavy (non-hydrogen) atoms. The zero-order chi connectivity index (χ0) is 15.9. The molecule has 124 valence electrons. The van der Waals surface area contributed by atoms with Gasteiger partial charge in [0.25, 0.3) is 0 Å². The summed E-state index contributed by atoms with van der Waals surface area (Å²) >= 11 is 0. The number of hydrogen-bond donors (Lipinski definition) is 2. The zero-order valence-electron chi connectivity index (χ0n) is 13.1. The molecule has 0 heterocycles. The van der Waals surface area contributed by atoms with Gasteiger partial charge in [-0.15, -0.1) is 24.0 Å². The van der Waals surface area contributed by atoms with Crippen LogP contribution in [0, 0.1) is 18.6 Å². The average molecular weight is 431 g/mol. The summed E-state index contributed by atoms with van der Waals surface area (Å²) < 4.78 is 26.3. The first-order valence-electron chi connectivity index (χ1n) is 7.02. The Bertz CT molecular complexity index is 657. The van der Waals surface area contributed by atoms with E-state index in [2.05, 4.69) is 15.6 Å². The summed E-state index contributed by atoms with van der Waals surface area (Å²) in [7, 11) is 1.66. The molecule has 2 rings (SSSR count). The highest BCUT2D eigenvalue weighted by Crippen LogP contribution is 2.08. The molecular weight excluding hydrogens is 411 g/mol. The van der Waals surface area contributed by atoms with E-state index in [1.165, 1.54) is 18.2 Å². The topological polar surface area (TPSA) is 36.4 Å². The maximum absolute atomic E-state index is 13.5. The van der Waals surface area contributed by atoms with Crippen LogP contribution in [0.4, 0.5) is 8.78 Å². The lowest BCUT2D eigenvalue weighted by Crippen LogP contribution is -2.36. The van der Waals surface area contributed by atoms with E-state index < -0.39 is 0 Å². The Morgan fingerprint density at radius 1 is 0.957 bits per heavy atom. The van der Waals surface area contributed by atoms with Gasteiger partial charge >= 0.3 is 0 Å². The van der Waals surface area contributed by atoms with E-state index in [9.17, 15) is 8.78 Å². The average Bonchev–Trinajstić information content (AvgIpc) is 2.52. The van der Waals surface area contributed by atoms with E-state index in [0.29, 0.717) is 24.6 Å². The number of guanidine groups is 1. The highest BCUT2D eigenvalue weighted by atomic mass is 127. The fourth-order valence-corrected chi connectivity index (χ4v) is 1.94. The minimum absolute atomic E-state index is 0. The van der Waals surface area contributed by atoms with Crippen molar-refractivity contribution >= 4 is 29.9 Å². The first-order chi connectivity index (χ1) is 10.6. The van der Waals surface area contributed by atoms with Gasteiger partial charge in [-0.2, -0.15) is 0 Å². The third-order valence-electron chi connectivity index (χ3n) is 3.29. The number of benzene rings is 2. The van der Waals surface area contributed by atoms with Gasteiger partial charge in [-0.05, 0) is 41.8 Å². The lowest BCUT2D eigenvalue weighted by molar-refractivity contribution is 0.615. The van der Waals surface area contributed by atoms with Crippen molar-refractivity contribution in [3.05, 3.63) is 70.8 Å². The Morgan fingerprint density at radius 2 is 1.52 bits per heavy atom. The number of halogens is 3. The van der Waals surface area contributed by atoms with Crippen molar-refractivity contribution in [2.24, 2.45) is 4.99 Å². The molecule has 0 aliphatic carbocycles. The summed E-state index contributed by atoms with van der Waals surface area (Å²) in [6, 6.07) is 11.4. The summed E-state index contributed by atoms with van der Waals surface area (Å²) in [5.41, 5.74) is 2.42. The van der Waals surface area contributed by atoms with Crippen LogP contribution in [0.2, 0.25) is 0 Å². The molecule has 0 aliphatic rings. The molecule has 0 aromatic heterocycles. The molecule has 3 nitrogen and oxygen atoms in total. The summed E-state index contributed by atoms with van der Waals surface area (Å²) in [6.07, 6.45) is 0. The van der Waals surface area contributed by atoms with Crippen molar-refractivity contribution in [3.63, 3.8) is 0 Å². The Morgan fingerprint density at radius 3 is 2.09 bits per heavy atom. The summed E-state index contributed by atoms with van der Waals surface area (Å²) in [5, 5.41) is 6.24. The Labute approximate surface area is 152 Å². The van der Waals surface area contributed by atoms with Crippen LogP contribution < -0.4 is 10.6 Å². The van der Waals surface area contributed by atoms with E-state index in [1.807, 2.05) is 6.07 Å². The van der Waals surface area contributed by atoms with Gasteiger partial charge in [-0.1, -0.05) is 24.3 Å². The predicted molar refractivity (Wildman–Crippen MR) is 100.0 cm³/mol. The highest BCUT2D eigenvalue weighted by Gasteiger charge is 2.02. The van der Waals surface area contributed by atoms with Crippen LogP contribution in [0.3, 0.4) is 0 Å². The lowest BCUT2D eigenvalue weighted by Gasteiger charge is -2.12. The van der Waals surface area contributed by atoms with Crippen LogP contribution in [0.5, 0.6) is 0 Å². The second kappa shape index (κ2) is 9.44. The van der Waals surface area contributed by atoms with Crippen molar-refractivity contribution < 1.29 is 8.78 Å². The molecular formula is C17H20F2IN3. The molecule has 6 heteroatoms. The molecule has 0 saturated carbocycles. The number of aryl methyl sites for hydroxylation is 1. The van der Waals surface area contributed by atoms with Gasteiger partial charge in [0.15, 0.2) is 5.96 Å². The monoisotopic (exact) mass is 431 g/mol. The van der Waals surface area contributed by atoms with E-state index in [1.54, 1.807) is 32.2 Å². The van der Waals surface area contributed by atoms with E-state index in [4.69, 9.17) is 0 Å². The largest absolute Gasteiger partial charge is 0.352 e. The molecule has 0 bridgehead atoms. The Hall–Kier alpha value is -1.70. The Kier molecular flexibility index (Phi) is 7.94. The van der Waals surface area contributed by atoms with E-state index in [-0.39, 0.29) is 35.6 Å². The molecule has 0 spiro atoms. The molecule has 0 amide bonds. The molecule has 0 saturated heterocycles. The van der Waals surface area contributed by atoms with Gasteiger partial charge in [-0.3, -0.25) is 4.99 Å². The number of aliphatic imine (C=N–C) groups is 1. The third kappa shape index (κ3) is 6.13. The summed E-state index contributed by atoms with van der Waals surface area (Å²) in [6.45, 7) is 2.73. The Balaban J connectivity index is 0.00000264. The number of nitrogens with one attached hydrogen (secondary N) is 2. The minimum atomic E-state index is -0.257. The summed E-state index contributed by atoms with van der Waals surface area (Å²) in [5.74, 6) is 0.131. The molecule has 0 radical (unpaired) electrons. The SMILES string of the molecule is CN=C(NCc1ccc(F)cc1)NCc1ccc(C)c(F)c1.I. The van der Waals surface area contributed by atoms with Gasteiger partial charge in [0, 0.05) is 20.1 Å². The van der Waals surface area contributed by atoms with Crippen molar-refractivity contribution in [2.75, 3.05) is 7.05 Å². The molecule has 2 aromatic carbocycles. The predicted octanol–water partition coefficient (Wildman–Crippen LogP) is 3.76. The molecule has 0 atom stereocenters. The van der Waals surface area contributed by atoms with Gasteiger partial charge in [-0.25, -0.2) is 8.78 Å². The van der Waals surface area contributed by atoms with E-state index >= 15 is 0 Å². The van der Waals surface area contributed by atoms with Crippen LogP contribution in [0.25, 0.3) is 0 Å². The fourth-order valence-electron chi connectivity index (χ4n) is 1.94. The summed E-state index contributed by atoms with van der Waals surface area (Å²) in [4.78, 5) is 4.10. The number of hydrogen-bond acceptors (Lipinski definition) is 1. The quantitative estimate of drug-likeness (QED) is 0.440. The molecule has 0 fully saturated rings. The first kappa shape index (κ1) is 19.3. The molecule has 2 N–H and O–H groups in total. The van der Waals surface area contributed by atoms with E-state index in [0.717, 1.165) is 11.1 Å². The minimum Gasteiger partial charge on any atom is -0.352 e. The van der Waals surface area contributed by atoms with Crippen molar-refractivity contribution in [2.45, 2.75) is 20.0 Å². The third-order valence-corrected chi connectivity index (χ3v) is 3.29. The maximum atomic E-state index is 13.5. The fraction of sp³-hybridized carbons (Fsp3) is 0.235. The van der Waals surface area contributed by atoms with Crippen molar-refractivity contribution in [1.29, 1.82) is 0 Å². The van der Waals surface area contributed by atoms with Gasteiger partial charge in [0.2, 0.25) is 0 Å². The van der Waals surface area contributed by atoms with Gasteiger partial charge in [0.05, 0.1) is 0 Å². The van der Waals surface area contributed by atoms with Crippen LogP contribution in [-0.2, 0) is 13.1 Å². The number of rotatable bonds is 4. The smallest absolute Gasteiger partial charge is 0.191 e. The van der Waals surface area contributed by atoms with Crippen molar-refractivity contribution in [1.82, 2.24) is 10.6 Å². The second-order valence-corrected chi connectivity index (χ2v) is 4.99. The van der Waals surface area contributed by atoms with Crippen LogP contribution in [0.1, 0.15) is 16.7 Å². The van der Waals surface area contributed by atoms with Gasteiger partial charge < -0.3 is 10.6 Å². The molecule has 0 aliphatic heterocycles. The molecule has 0 unspecified atom stereocenters. The van der Waals surface area contributed by atoms with Crippen LogP contribution in [0.15, 0.2) is 47.5 Å². The normalized spacial score (nSPS) is 10.9. The van der Waals surface area contributed by atoms with Gasteiger partial charge in [0.1, 0.15) is 11.6 Å². The zero-order valence-corrected chi connectivity index (χ0v) is 15.4. The van der Waals surface area contributed by atoms with Crippen LogP contribution in [-0.4, -0.2) is 13.0 Å². The standard InChI is InChI=1S/C17H19F2N3.HI/c1-12-3-4-14(9-16(12)19)11-22-17(20-2)21-10-13-5-7-15(18)8-6-13;/h3-9H,10-11H2,1-2H3,(H2,20,21,22);1H.